The van der Waals surface area contributed by atoms with E-state index >= 15 is 0 Å². The van der Waals surface area contributed by atoms with Crippen molar-refractivity contribution in [1.29, 1.82) is 0 Å². The van der Waals surface area contributed by atoms with Crippen LogP contribution < -0.4 is 16.0 Å². The first-order chi connectivity index (χ1) is 13.6. The quantitative estimate of drug-likeness (QED) is 0.702. The van der Waals surface area contributed by atoms with Gasteiger partial charge in [-0.15, -0.1) is 0 Å². The van der Waals surface area contributed by atoms with Crippen molar-refractivity contribution in [2.75, 3.05) is 25.0 Å². The Bertz CT molecular complexity index is 637. The van der Waals surface area contributed by atoms with E-state index in [0.717, 1.165) is 37.9 Å². The number of nitrogens with zero attached hydrogens (tertiary/aromatic N) is 1. The van der Waals surface area contributed by atoms with Crippen LogP contribution in [0.15, 0.2) is 30.3 Å². The zero-order chi connectivity index (χ0) is 19.8. The number of benzene rings is 1. The molecule has 6 heteroatoms. The highest BCUT2D eigenvalue weighted by molar-refractivity contribution is 5.89. The maximum absolute atomic E-state index is 12.6. The molecular formula is C22H34N4O2. The highest BCUT2D eigenvalue weighted by Crippen LogP contribution is 2.24. The van der Waals surface area contributed by atoms with Crippen LogP contribution in [-0.2, 0) is 4.79 Å². The fourth-order valence-corrected chi connectivity index (χ4v) is 4.37. The molecule has 28 heavy (non-hydrogen) atoms. The Kier molecular flexibility index (Phi) is 7.71. The molecule has 0 spiro atoms. The minimum Gasteiger partial charge on any atom is -0.352 e. The molecule has 1 aromatic carbocycles. The molecule has 6 nitrogen and oxygen atoms in total. The summed E-state index contributed by atoms with van der Waals surface area (Å²) in [7, 11) is 0. The van der Waals surface area contributed by atoms with Gasteiger partial charge in [0.1, 0.15) is 0 Å². The van der Waals surface area contributed by atoms with Crippen LogP contribution in [0, 0.1) is 5.92 Å². The van der Waals surface area contributed by atoms with Gasteiger partial charge in [0, 0.05) is 24.3 Å². The number of amides is 3. The molecule has 3 rings (SSSR count). The zero-order valence-electron chi connectivity index (χ0n) is 17.0. The van der Waals surface area contributed by atoms with E-state index in [0.29, 0.717) is 25.0 Å². The normalized spacial score (nSPS) is 25.7. The fraction of sp³-hybridized carbons (Fsp3) is 0.636. The van der Waals surface area contributed by atoms with Crippen molar-refractivity contribution in [1.82, 2.24) is 15.5 Å². The number of hydrogen-bond acceptors (Lipinski definition) is 3. The van der Waals surface area contributed by atoms with Crippen molar-refractivity contribution in [3.63, 3.8) is 0 Å². The number of nitrogens with one attached hydrogen (secondary N) is 3. The van der Waals surface area contributed by atoms with Gasteiger partial charge in [0.2, 0.25) is 5.91 Å². The first kappa shape index (κ1) is 20.6. The number of para-hydroxylation sites is 1. The van der Waals surface area contributed by atoms with Crippen molar-refractivity contribution in [2.24, 2.45) is 5.92 Å². The van der Waals surface area contributed by atoms with Gasteiger partial charge >= 0.3 is 6.03 Å². The highest BCUT2D eigenvalue weighted by Gasteiger charge is 2.27. The molecule has 1 aromatic rings. The summed E-state index contributed by atoms with van der Waals surface area (Å²) in [6, 6.07) is 9.77. The van der Waals surface area contributed by atoms with Crippen molar-refractivity contribution >= 4 is 17.6 Å². The van der Waals surface area contributed by atoms with Crippen LogP contribution in [0.4, 0.5) is 10.5 Å². The largest absolute Gasteiger partial charge is 0.352 e. The summed E-state index contributed by atoms with van der Waals surface area (Å²) < 4.78 is 0. The molecule has 1 aliphatic carbocycles. The molecular weight excluding hydrogens is 352 g/mol. The fourth-order valence-electron chi connectivity index (χ4n) is 4.37. The third-order valence-corrected chi connectivity index (χ3v) is 6.08. The third kappa shape index (κ3) is 6.23. The number of carbonyl (C=O) groups excluding carboxylic acids is 2. The maximum Gasteiger partial charge on any atom is 0.319 e. The third-order valence-electron chi connectivity index (χ3n) is 6.08. The topological polar surface area (TPSA) is 73.5 Å². The lowest BCUT2D eigenvalue weighted by Crippen LogP contribution is -2.52. The van der Waals surface area contributed by atoms with E-state index in [-0.39, 0.29) is 18.0 Å². The molecule has 1 heterocycles. The summed E-state index contributed by atoms with van der Waals surface area (Å²) in [4.78, 5) is 27.0. The lowest BCUT2D eigenvalue weighted by Gasteiger charge is -2.36. The van der Waals surface area contributed by atoms with Gasteiger partial charge < -0.3 is 16.0 Å². The van der Waals surface area contributed by atoms with Gasteiger partial charge in [0.25, 0.3) is 0 Å². The standard InChI is InChI=1S/C22H34N4O2/c1-17-9-5-6-13-20(17)25-21(27)16-26-14-8-7-12-19(26)15-23-22(28)24-18-10-3-2-4-11-18/h2-4,10-11,17,19-20H,5-9,12-16H2,1H3,(H,25,27)(H2,23,24,28)/t17-,19-,20+/m1/s1. The van der Waals surface area contributed by atoms with Crippen LogP contribution in [0.5, 0.6) is 0 Å². The van der Waals surface area contributed by atoms with Crippen molar-refractivity contribution in [3.05, 3.63) is 30.3 Å². The van der Waals surface area contributed by atoms with Crippen LogP contribution >= 0.6 is 0 Å². The summed E-state index contributed by atoms with van der Waals surface area (Å²) in [6.45, 7) is 4.14. The number of likely N-dealkylation sites (tertiary alicyclic amines) is 1. The highest BCUT2D eigenvalue weighted by atomic mass is 16.2. The second-order valence-corrected chi connectivity index (χ2v) is 8.26. The molecule has 0 radical (unpaired) electrons. The first-order valence-electron chi connectivity index (χ1n) is 10.7. The van der Waals surface area contributed by atoms with Crippen LogP contribution in [0.25, 0.3) is 0 Å². The number of rotatable bonds is 6. The average molecular weight is 387 g/mol. The minimum absolute atomic E-state index is 0.124. The molecule has 0 unspecified atom stereocenters. The van der Waals surface area contributed by atoms with E-state index in [2.05, 4.69) is 27.8 Å². The molecule has 1 aliphatic heterocycles. The van der Waals surface area contributed by atoms with E-state index in [1.807, 2.05) is 30.3 Å². The van der Waals surface area contributed by atoms with E-state index in [1.54, 1.807) is 0 Å². The Balaban J connectivity index is 1.45. The molecule has 154 valence electrons. The summed E-state index contributed by atoms with van der Waals surface area (Å²) >= 11 is 0. The summed E-state index contributed by atoms with van der Waals surface area (Å²) in [5.41, 5.74) is 0.779. The molecule has 2 fully saturated rings. The van der Waals surface area contributed by atoms with Crippen LogP contribution in [0.2, 0.25) is 0 Å². The van der Waals surface area contributed by atoms with Gasteiger partial charge in [-0.25, -0.2) is 4.79 Å². The Labute approximate surface area is 168 Å². The number of piperidine rings is 1. The van der Waals surface area contributed by atoms with Gasteiger partial charge in [0.05, 0.1) is 6.54 Å². The monoisotopic (exact) mass is 386 g/mol. The van der Waals surface area contributed by atoms with Crippen LogP contribution in [-0.4, -0.2) is 48.6 Å². The zero-order valence-corrected chi connectivity index (χ0v) is 17.0. The summed E-state index contributed by atoms with van der Waals surface area (Å²) in [5.74, 6) is 0.692. The predicted molar refractivity (Wildman–Crippen MR) is 112 cm³/mol. The number of hydrogen-bond donors (Lipinski definition) is 3. The molecule has 0 bridgehead atoms. The maximum atomic E-state index is 12.6. The minimum atomic E-state index is -0.197. The van der Waals surface area contributed by atoms with Gasteiger partial charge in [-0.3, -0.25) is 9.69 Å². The Morgan fingerprint density at radius 2 is 1.79 bits per heavy atom. The second-order valence-electron chi connectivity index (χ2n) is 8.26. The first-order valence-corrected chi connectivity index (χ1v) is 10.7. The lowest BCUT2D eigenvalue weighted by atomic mass is 9.86. The van der Waals surface area contributed by atoms with Crippen molar-refractivity contribution in [3.8, 4) is 0 Å². The van der Waals surface area contributed by atoms with E-state index in [9.17, 15) is 9.59 Å². The number of urea groups is 1. The van der Waals surface area contributed by atoms with Gasteiger partial charge in [0.15, 0.2) is 0 Å². The van der Waals surface area contributed by atoms with Crippen molar-refractivity contribution < 1.29 is 9.59 Å². The van der Waals surface area contributed by atoms with E-state index in [1.165, 1.54) is 19.3 Å². The van der Waals surface area contributed by atoms with Crippen molar-refractivity contribution in [2.45, 2.75) is 64.0 Å². The Hall–Kier alpha value is -2.08. The smallest absolute Gasteiger partial charge is 0.319 e. The van der Waals surface area contributed by atoms with Gasteiger partial charge in [-0.2, -0.15) is 0 Å². The van der Waals surface area contributed by atoms with Crippen LogP contribution in [0.1, 0.15) is 51.9 Å². The number of carbonyl (C=O) groups is 2. The van der Waals surface area contributed by atoms with E-state index in [4.69, 9.17) is 0 Å². The molecule has 0 aromatic heterocycles. The second kappa shape index (κ2) is 10.5. The molecule has 2 aliphatic rings. The Morgan fingerprint density at radius 1 is 1.04 bits per heavy atom. The summed E-state index contributed by atoms with van der Waals surface area (Å²) in [5, 5.41) is 9.07. The molecule has 3 amide bonds. The predicted octanol–water partition coefficient (Wildman–Crippen LogP) is 3.36. The molecule has 1 saturated heterocycles. The molecule has 1 saturated carbocycles. The number of anilines is 1. The molecule has 3 N–H and O–H groups in total. The summed E-state index contributed by atoms with van der Waals surface area (Å²) in [6.07, 6.45) is 8.05. The van der Waals surface area contributed by atoms with Gasteiger partial charge in [-0.1, -0.05) is 44.4 Å². The molecule has 3 atom stereocenters. The van der Waals surface area contributed by atoms with Crippen LogP contribution in [0.3, 0.4) is 0 Å². The lowest BCUT2D eigenvalue weighted by molar-refractivity contribution is -0.124. The van der Waals surface area contributed by atoms with Gasteiger partial charge in [-0.05, 0) is 50.3 Å². The average Bonchev–Trinajstić information content (AvgIpc) is 2.70. The SMILES string of the molecule is C[C@@H]1CCCC[C@@H]1NC(=O)CN1CCCC[C@@H]1CNC(=O)Nc1ccccc1. The van der Waals surface area contributed by atoms with E-state index < -0.39 is 0 Å². The Morgan fingerprint density at radius 3 is 2.57 bits per heavy atom.